The van der Waals surface area contributed by atoms with E-state index in [9.17, 15) is 0 Å². The largest absolute Gasteiger partial charge is 0.457 e. The number of fused-ring (bicyclic) bond motifs is 9. The zero-order valence-corrected chi connectivity index (χ0v) is 30.6. The number of benzene rings is 8. The maximum Gasteiger partial charge on any atom is 0.161 e. The van der Waals surface area contributed by atoms with Crippen LogP contribution in [0.5, 0.6) is 11.5 Å². The van der Waals surface area contributed by atoms with Gasteiger partial charge in [0.2, 0.25) is 0 Å². The Kier molecular flexibility index (Phi) is 6.05. The van der Waals surface area contributed by atoms with Gasteiger partial charge in [0, 0.05) is 27.8 Å². The van der Waals surface area contributed by atoms with Crippen LogP contribution in [0.4, 0.5) is 0 Å². The van der Waals surface area contributed by atoms with Crippen molar-refractivity contribution in [1.29, 1.82) is 0 Å². The molecule has 13 rings (SSSR count). The van der Waals surface area contributed by atoms with E-state index in [1.165, 1.54) is 66.1 Å². The first-order valence-electron chi connectivity index (χ1n) is 19.8. The highest BCUT2D eigenvalue weighted by Gasteiger charge is 2.51. The summed E-state index contributed by atoms with van der Waals surface area (Å²) in [6.45, 7) is 0. The molecule has 0 atom stereocenters. The summed E-state index contributed by atoms with van der Waals surface area (Å²) in [4.78, 5) is 11.2. The smallest absolute Gasteiger partial charge is 0.161 e. The third-order valence-electron chi connectivity index (χ3n) is 13.1. The monoisotopic (exact) mass is 714 g/mol. The highest BCUT2D eigenvalue weighted by atomic mass is 16.5. The van der Waals surface area contributed by atoms with E-state index in [2.05, 4.69) is 158 Å². The molecule has 0 unspecified atom stereocenters. The molecule has 0 fully saturated rings. The van der Waals surface area contributed by atoms with Crippen molar-refractivity contribution in [2.24, 2.45) is 0 Å². The number of aryl methyl sites for hydroxylation is 4. The Labute approximate surface area is 324 Å². The van der Waals surface area contributed by atoms with Crippen LogP contribution in [0.15, 0.2) is 158 Å². The fourth-order valence-electron chi connectivity index (χ4n) is 10.9. The summed E-state index contributed by atoms with van der Waals surface area (Å²) in [7, 11) is 0. The minimum atomic E-state index is -0.566. The first-order chi connectivity index (χ1) is 27.8. The van der Waals surface area contributed by atoms with Gasteiger partial charge in [-0.1, -0.05) is 140 Å². The average molecular weight is 715 g/mol. The first-order valence-corrected chi connectivity index (χ1v) is 19.8. The molecule has 8 aromatic carbocycles. The molecule has 9 aromatic rings. The topological polar surface area (TPSA) is 35.0 Å². The molecular formula is C53H34N2O. The van der Waals surface area contributed by atoms with Crippen LogP contribution in [0.2, 0.25) is 0 Å². The van der Waals surface area contributed by atoms with Gasteiger partial charge in [-0.05, 0) is 110 Å². The van der Waals surface area contributed by atoms with Gasteiger partial charge in [0.15, 0.2) is 5.82 Å². The second-order valence-corrected chi connectivity index (χ2v) is 15.8. The predicted molar refractivity (Wildman–Crippen MR) is 226 cm³/mol. The molecule has 3 aliphatic carbocycles. The van der Waals surface area contributed by atoms with Crippen molar-refractivity contribution in [1.82, 2.24) is 9.97 Å². The molecule has 1 spiro atoms. The van der Waals surface area contributed by atoms with Crippen molar-refractivity contribution in [3.63, 3.8) is 0 Å². The molecule has 2 heterocycles. The number of nitrogens with zero attached hydrogens (tertiary/aromatic N) is 2. The molecule has 0 saturated heterocycles. The molecule has 3 heteroatoms. The lowest BCUT2D eigenvalue weighted by Crippen LogP contribution is -2.32. The molecule has 0 radical (unpaired) electrons. The fraction of sp³-hybridized carbons (Fsp3) is 0.0943. The van der Waals surface area contributed by atoms with E-state index < -0.39 is 5.41 Å². The summed E-state index contributed by atoms with van der Waals surface area (Å²) < 4.78 is 6.63. The van der Waals surface area contributed by atoms with Crippen molar-refractivity contribution < 1.29 is 4.74 Å². The lowest BCUT2D eigenvalue weighted by Gasteiger charge is -2.39. The third kappa shape index (κ3) is 3.92. The van der Waals surface area contributed by atoms with Crippen molar-refractivity contribution >= 4 is 21.5 Å². The van der Waals surface area contributed by atoms with Gasteiger partial charge in [-0.15, -0.1) is 0 Å². The fourth-order valence-corrected chi connectivity index (χ4v) is 10.9. The molecule has 3 nitrogen and oxygen atoms in total. The van der Waals surface area contributed by atoms with Gasteiger partial charge < -0.3 is 4.74 Å². The standard InChI is InChI=1S/C53H34N2O/c1-2-16-41-39(12-1)51-40(15-9-19-44(51)53(41)42-17-3-5-20-47(42)56-48-21-6-4-18-43(48)53)52-54-45(35-28-26-33-24-22-31-10-7-13-37(35)49(31)33)30-46(55-52)36-29-27-34-25-23-32-11-8-14-38(36)50(32)34/h1-21,26-30H,22-25H2. The number of hydrogen-bond acceptors (Lipinski definition) is 3. The maximum absolute atomic E-state index is 6.63. The van der Waals surface area contributed by atoms with E-state index in [-0.39, 0.29) is 0 Å². The third-order valence-corrected chi connectivity index (χ3v) is 13.1. The average Bonchev–Trinajstić information content (AvgIpc) is 3.96. The summed E-state index contributed by atoms with van der Waals surface area (Å²) in [6.07, 6.45) is 4.36. The van der Waals surface area contributed by atoms with Crippen molar-refractivity contribution in [2.45, 2.75) is 31.1 Å². The van der Waals surface area contributed by atoms with Crippen molar-refractivity contribution in [2.75, 3.05) is 0 Å². The van der Waals surface area contributed by atoms with Gasteiger partial charge >= 0.3 is 0 Å². The summed E-state index contributed by atoms with van der Waals surface area (Å²) in [5, 5.41) is 5.33. The molecule has 1 aromatic heterocycles. The summed E-state index contributed by atoms with van der Waals surface area (Å²) >= 11 is 0. The minimum absolute atomic E-state index is 0.566. The molecular weight excluding hydrogens is 681 g/mol. The normalized spacial score (nSPS) is 14.8. The lowest BCUT2D eigenvalue weighted by molar-refractivity contribution is 0.436. The van der Waals surface area contributed by atoms with Crippen LogP contribution >= 0.6 is 0 Å². The van der Waals surface area contributed by atoms with Crippen LogP contribution in [-0.2, 0) is 31.1 Å². The minimum Gasteiger partial charge on any atom is -0.457 e. The molecule has 0 N–H and O–H groups in total. The van der Waals surface area contributed by atoms with Gasteiger partial charge in [-0.2, -0.15) is 0 Å². The SMILES string of the molecule is c1ccc2c(c1)Oc1ccccc1C21c2ccccc2-c2c(-c3nc(-c4ccc5c6c(cccc46)CC5)cc(-c4ccc5c6c(cccc46)CC5)n3)cccc21. The second kappa shape index (κ2) is 11.1. The first kappa shape index (κ1) is 30.5. The van der Waals surface area contributed by atoms with Gasteiger partial charge in [-0.25, -0.2) is 9.97 Å². The molecule has 56 heavy (non-hydrogen) atoms. The summed E-state index contributed by atoms with van der Waals surface area (Å²) in [6, 6.07) is 57.8. The number of ether oxygens (including phenoxy) is 1. The Morgan fingerprint density at radius 1 is 0.393 bits per heavy atom. The second-order valence-electron chi connectivity index (χ2n) is 15.8. The van der Waals surface area contributed by atoms with E-state index in [0.717, 1.165) is 82.2 Å². The van der Waals surface area contributed by atoms with E-state index in [0.29, 0.717) is 0 Å². The van der Waals surface area contributed by atoms with E-state index in [4.69, 9.17) is 14.7 Å². The number of aromatic nitrogens is 2. The van der Waals surface area contributed by atoms with Crippen molar-refractivity contribution in [3.8, 4) is 56.5 Å². The van der Waals surface area contributed by atoms with Crippen LogP contribution in [0.1, 0.15) is 44.5 Å². The van der Waals surface area contributed by atoms with Crippen molar-refractivity contribution in [3.05, 3.63) is 202 Å². The lowest BCUT2D eigenvalue weighted by atomic mass is 9.66. The van der Waals surface area contributed by atoms with Crippen LogP contribution in [0.3, 0.4) is 0 Å². The Bertz CT molecular complexity index is 3010. The number of rotatable bonds is 3. The van der Waals surface area contributed by atoms with Crippen LogP contribution < -0.4 is 4.74 Å². The Balaban J connectivity index is 1.13. The highest BCUT2D eigenvalue weighted by Crippen LogP contribution is 2.63. The molecule has 4 aliphatic rings. The molecule has 0 amide bonds. The molecule has 262 valence electrons. The quantitative estimate of drug-likeness (QED) is 0.183. The van der Waals surface area contributed by atoms with Gasteiger partial charge in [0.05, 0.1) is 16.8 Å². The number of para-hydroxylation sites is 2. The molecule has 0 bridgehead atoms. The Morgan fingerprint density at radius 2 is 0.875 bits per heavy atom. The molecule has 0 saturated carbocycles. The zero-order valence-electron chi connectivity index (χ0n) is 30.6. The zero-order chi connectivity index (χ0) is 36.5. The van der Waals surface area contributed by atoms with Gasteiger partial charge in [0.1, 0.15) is 11.5 Å². The van der Waals surface area contributed by atoms with E-state index >= 15 is 0 Å². The molecule has 1 aliphatic heterocycles. The van der Waals surface area contributed by atoms with E-state index in [1.807, 2.05) is 0 Å². The van der Waals surface area contributed by atoms with Gasteiger partial charge in [-0.3, -0.25) is 0 Å². The Hall–Kier alpha value is -6.84. The van der Waals surface area contributed by atoms with E-state index in [1.54, 1.807) is 0 Å². The van der Waals surface area contributed by atoms with Gasteiger partial charge in [0.25, 0.3) is 0 Å². The highest BCUT2D eigenvalue weighted by molar-refractivity contribution is 6.04. The van der Waals surface area contributed by atoms with Crippen LogP contribution in [0.25, 0.3) is 66.6 Å². The van der Waals surface area contributed by atoms with Crippen LogP contribution in [-0.4, -0.2) is 9.97 Å². The van der Waals surface area contributed by atoms with Crippen LogP contribution in [0, 0.1) is 0 Å². The Morgan fingerprint density at radius 3 is 1.48 bits per heavy atom. The summed E-state index contributed by atoms with van der Waals surface area (Å²) in [5.41, 5.74) is 17.6. The predicted octanol–water partition coefficient (Wildman–Crippen LogP) is 12.4. The maximum atomic E-state index is 6.63. The number of hydrogen-bond donors (Lipinski definition) is 0. The summed E-state index contributed by atoms with van der Waals surface area (Å²) in [5.74, 6) is 2.51.